The van der Waals surface area contributed by atoms with E-state index in [1.807, 2.05) is 30.3 Å². The molecule has 0 aliphatic carbocycles. The minimum absolute atomic E-state index is 0.140. The molecule has 0 bridgehead atoms. The van der Waals surface area contributed by atoms with Crippen molar-refractivity contribution in [3.8, 4) is 0 Å². The first-order chi connectivity index (χ1) is 18.1. The Balaban J connectivity index is 2.11. The highest BCUT2D eigenvalue weighted by molar-refractivity contribution is 8.05. The van der Waals surface area contributed by atoms with E-state index in [0.717, 1.165) is 17.7 Å². The van der Waals surface area contributed by atoms with Crippen LogP contribution in [0, 0.1) is 21.3 Å². The summed E-state index contributed by atoms with van der Waals surface area (Å²) in [5.74, 6) is 0.106. The number of aromatic nitrogens is 1. The number of non-ortho nitro benzene ring substituents is 1. The van der Waals surface area contributed by atoms with Gasteiger partial charge in [0, 0.05) is 29.8 Å². The normalized spacial score (nSPS) is 15.4. The Bertz CT molecular complexity index is 1620. The zero-order chi connectivity index (χ0) is 28.6. The van der Waals surface area contributed by atoms with Crippen molar-refractivity contribution in [2.75, 3.05) is 10.8 Å². The molecule has 2 heterocycles. The summed E-state index contributed by atoms with van der Waals surface area (Å²) in [6.07, 6.45) is 2.87. The maximum absolute atomic E-state index is 14.1. The van der Waals surface area contributed by atoms with Gasteiger partial charge in [-0.05, 0) is 80.1 Å². The van der Waals surface area contributed by atoms with E-state index in [1.165, 1.54) is 36.4 Å². The van der Waals surface area contributed by atoms with Crippen molar-refractivity contribution in [3.63, 3.8) is 0 Å². The van der Waals surface area contributed by atoms with Gasteiger partial charge in [0.2, 0.25) is 0 Å². The molecule has 0 radical (unpaired) electrons. The van der Waals surface area contributed by atoms with Crippen LogP contribution in [0.3, 0.4) is 0 Å². The molecule has 12 heteroatoms. The number of nitrogens with zero attached hydrogens (tertiary/aromatic N) is 5. The van der Waals surface area contributed by atoms with Crippen molar-refractivity contribution < 1.29 is 17.7 Å². The molecule has 4 rings (SSSR count). The molecule has 1 unspecified atom stereocenters. The molecule has 0 saturated heterocycles. The first-order valence-corrected chi connectivity index (χ1v) is 15.3. The lowest BCUT2D eigenvalue weighted by atomic mass is 9.82. The first kappa shape index (κ1) is 28.6. The molecule has 0 saturated carbocycles. The maximum atomic E-state index is 14.1. The van der Waals surface area contributed by atoms with Crippen LogP contribution in [0.5, 0.6) is 0 Å². The number of hydrogen-bond donors (Lipinski definition) is 0. The van der Waals surface area contributed by atoms with Gasteiger partial charge in [-0.2, -0.15) is 8.42 Å². The van der Waals surface area contributed by atoms with E-state index in [1.54, 1.807) is 6.20 Å². The van der Waals surface area contributed by atoms with Crippen molar-refractivity contribution in [1.82, 2.24) is 4.98 Å². The van der Waals surface area contributed by atoms with Gasteiger partial charge in [-0.15, -0.1) is 3.77 Å². The monoisotopic (exact) mass is 573 g/mol. The molecule has 208 valence electrons. The van der Waals surface area contributed by atoms with Gasteiger partial charge in [0.15, 0.2) is 0 Å². The maximum Gasteiger partial charge on any atom is 0.290 e. The van der Waals surface area contributed by atoms with Crippen LogP contribution in [-0.4, -0.2) is 30.4 Å². The highest BCUT2D eigenvalue weighted by atomic mass is 32.3. The predicted octanol–water partition coefficient (Wildman–Crippen LogP) is 6.59. The van der Waals surface area contributed by atoms with Crippen LogP contribution in [0.25, 0.3) is 0 Å². The Hall–Kier alpha value is -3.38. The second kappa shape index (κ2) is 10.3. The molecule has 39 heavy (non-hydrogen) atoms. The van der Waals surface area contributed by atoms with E-state index in [-0.39, 0.29) is 16.0 Å². The van der Waals surface area contributed by atoms with Crippen LogP contribution < -0.4 is 4.31 Å². The molecule has 1 aliphatic heterocycles. The van der Waals surface area contributed by atoms with Gasteiger partial charge in [-0.25, -0.2) is 13.7 Å². The molecule has 0 N–H and O–H groups in total. The van der Waals surface area contributed by atoms with E-state index in [2.05, 4.69) is 29.5 Å². The van der Waals surface area contributed by atoms with Gasteiger partial charge >= 0.3 is 0 Å². The molecular formula is C27H32FN5O4S2. The average Bonchev–Trinajstić information content (AvgIpc) is 3.27. The predicted molar refractivity (Wildman–Crippen MR) is 151 cm³/mol. The molecule has 9 nitrogen and oxygen atoms in total. The summed E-state index contributed by atoms with van der Waals surface area (Å²) in [5.41, 5.74) is -0.184. The van der Waals surface area contributed by atoms with Crippen molar-refractivity contribution in [1.29, 1.82) is 0 Å². The number of fused-ring (bicyclic) bond motifs is 1. The van der Waals surface area contributed by atoms with Crippen molar-refractivity contribution in [3.05, 3.63) is 88.4 Å². The van der Waals surface area contributed by atoms with Crippen LogP contribution in [0.4, 0.5) is 15.9 Å². The highest BCUT2D eigenvalue weighted by Gasteiger charge is 2.35. The topological polar surface area (TPSA) is 118 Å². The zero-order valence-electron chi connectivity index (χ0n) is 22.5. The van der Waals surface area contributed by atoms with Crippen molar-refractivity contribution >= 4 is 31.3 Å². The minimum Gasteiger partial charge on any atom is -0.280 e. The van der Waals surface area contributed by atoms with E-state index in [4.69, 9.17) is 4.36 Å². The average molecular weight is 574 g/mol. The van der Waals surface area contributed by atoms with E-state index in [9.17, 15) is 22.9 Å². The number of rotatable bonds is 7. The third-order valence-corrected chi connectivity index (χ3v) is 11.1. The van der Waals surface area contributed by atoms with Gasteiger partial charge in [0.25, 0.3) is 15.7 Å². The number of nitro groups is 1. The minimum atomic E-state index is -4.39. The number of anilines is 1. The van der Waals surface area contributed by atoms with Gasteiger partial charge in [0.05, 0.1) is 25.2 Å². The van der Waals surface area contributed by atoms with Crippen LogP contribution in [0.2, 0.25) is 0 Å². The SMILES string of the molecule is CC(C)(C)CC(C)(C)N=S(=NS(=O)(=O)c1ccc([N+](=O)[O-])cc1)(c1ccc(F)cc1)N1CCc2cccnc21. The Labute approximate surface area is 229 Å². The van der Waals surface area contributed by atoms with Crippen molar-refractivity contribution in [2.24, 2.45) is 13.5 Å². The van der Waals surface area contributed by atoms with Crippen LogP contribution >= 0.6 is 0 Å². The Morgan fingerprint density at radius 1 is 1.00 bits per heavy atom. The van der Waals surface area contributed by atoms with Gasteiger partial charge in [-0.3, -0.25) is 14.4 Å². The van der Waals surface area contributed by atoms with Crippen LogP contribution in [0.1, 0.15) is 46.6 Å². The summed E-state index contributed by atoms with van der Waals surface area (Å²) in [5, 5.41) is 11.1. The number of halogens is 1. The third kappa shape index (κ3) is 6.27. The standard InChI is InChI=1S/C27H32FN5O4S2/c1-26(2,3)19-27(4,5)30-38(23-12-8-21(28)9-13-23,32-18-16-20-7-6-17-29-25(20)32)31-39(36,37)24-14-10-22(11-15-24)33(34)35/h6-15,17H,16,18-19H2,1-5H3. The van der Waals surface area contributed by atoms with E-state index in [0.29, 0.717) is 30.1 Å². The Morgan fingerprint density at radius 2 is 1.62 bits per heavy atom. The van der Waals surface area contributed by atoms with E-state index < -0.39 is 36.1 Å². The number of sulfonamides is 1. The number of benzene rings is 2. The lowest BCUT2D eigenvalue weighted by Crippen LogP contribution is -2.35. The summed E-state index contributed by atoms with van der Waals surface area (Å²) in [4.78, 5) is 15.4. The summed E-state index contributed by atoms with van der Waals surface area (Å²) >= 11 is 0. The highest BCUT2D eigenvalue weighted by Crippen LogP contribution is 2.39. The smallest absolute Gasteiger partial charge is 0.280 e. The fraction of sp³-hybridized carbons (Fsp3) is 0.370. The van der Waals surface area contributed by atoms with Crippen LogP contribution in [0.15, 0.2) is 84.8 Å². The first-order valence-electron chi connectivity index (χ1n) is 12.4. The molecule has 1 aromatic heterocycles. The third-order valence-electron chi connectivity index (χ3n) is 6.01. The van der Waals surface area contributed by atoms with E-state index >= 15 is 0 Å². The Morgan fingerprint density at radius 3 is 2.21 bits per heavy atom. The van der Waals surface area contributed by atoms with Gasteiger partial charge < -0.3 is 0 Å². The van der Waals surface area contributed by atoms with Crippen molar-refractivity contribution in [2.45, 2.75) is 62.8 Å². The lowest BCUT2D eigenvalue weighted by molar-refractivity contribution is -0.384. The second-order valence-electron chi connectivity index (χ2n) is 11.3. The number of nitro benzene ring substituents is 1. The molecule has 3 aromatic rings. The van der Waals surface area contributed by atoms with Crippen LogP contribution in [-0.2, 0) is 26.3 Å². The van der Waals surface area contributed by atoms with Gasteiger partial charge in [-0.1, -0.05) is 26.8 Å². The number of pyridine rings is 1. The quantitative estimate of drug-likeness (QED) is 0.232. The summed E-state index contributed by atoms with van der Waals surface area (Å²) in [7, 11) is -7.51. The lowest BCUT2D eigenvalue weighted by Gasteiger charge is -2.35. The molecule has 2 aromatic carbocycles. The molecule has 0 fully saturated rings. The fourth-order valence-corrected chi connectivity index (χ4v) is 10.1. The molecule has 0 amide bonds. The van der Waals surface area contributed by atoms with Gasteiger partial charge in [0.1, 0.15) is 11.6 Å². The molecular weight excluding hydrogens is 541 g/mol. The molecule has 1 atom stereocenters. The zero-order valence-corrected chi connectivity index (χ0v) is 24.2. The Kier molecular flexibility index (Phi) is 7.56. The number of hydrogen-bond acceptors (Lipinski definition) is 6. The largest absolute Gasteiger partial charge is 0.290 e. The summed E-state index contributed by atoms with van der Waals surface area (Å²) in [6, 6.07) is 13.9. The molecule has 1 aliphatic rings. The fourth-order valence-electron chi connectivity index (χ4n) is 4.97. The second-order valence-corrected chi connectivity index (χ2v) is 15.4. The summed E-state index contributed by atoms with van der Waals surface area (Å²) < 4.78 is 53.6. The molecule has 0 spiro atoms. The summed E-state index contributed by atoms with van der Waals surface area (Å²) in [6.45, 7) is 10.5.